The number of amides is 1. The van der Waals surface area contributed by atoms with Crippen LogP contribution in [0.1, 0.15) is 34.3 Å². The van der Waals surface area contributed by atoms with Crippen LogP contribution in [0.25, 0.3) is 0 Å². The molecule has 0 unspecified atom stereocenters. The van der Waals surface area contributed by atoms with E-state index in [1.165, 1.54) is 17.3 Å². The van der Waals surface area contributed by atoms with Gasteiger partial charge in [-0.1, -0.05) is 48.0 Å². The Morgan fingerprint density at radius 3 is 2.56 bits per heavy atom. The van der Waals surface area contributed by atoms with E-state index in [-0.39, 0.29) is 5.91 Å². The van der Waals surface area contributed by atoms with Gasteiger partial charge in [-0.15, -0.1) is 0 Å². The number of pyridine rings is 1. The summed E-state index contributed by atoms with van der Waals surface area (Å²) < 4.78 is 0. The van der Waals surface area contributed by atoms with Crippen molar-refractivity contribution in [3.05, 3.63) is 88.6 Å². The van der Waals surface area contributed by atoms with Gasteiger partial charge in [-0.3, -0.25) is 9.69 Å². The van der Waals surface area contributed by atoms with Gasteiger partial charge in [0.1, 0.15) is 5.82 Å². The van der Waals surface area contributed by atoms with Crippen molar-refractivity contribution in [2.24, 2.45) is 5.92 Å². The third kappa shape index (κ3) is 5.87. The molecule has 0 radical (unpaired) electrons. The van der Waals surface area contributed by atoms with Crippen molar-refractivity contribution < 1.29 is 4.79 Å². The summed E-state index contributed by atoms with van der Waals surface area (Å²) in [6.45, 7) is 6.27. The van der Waals surface area contributed by atoms with Crippen molar-refractivity contribution in [1.29, 1.82) is 0 Å². The van der Waals surface area contributed by atoms with Crippen LogP contribution in [0.3, 0.4) is 0 Å². The molecule has 0 atom stereocenters. The third-order valence-corrected chi connectivity index (χ3v) is 6.31. The van der Waals surface area contributed by atoms with Crippen LogP contribution in [0.5, 0.6) is 0 Å². The van der Waals surface area contributed by atoms with E-state index < -0.39 is 0 Å². The molecule has 32 heavy (non-hydrogen) atoms. The van der Waals surface area contributed by atoms with Crippen LogP contribution in [0, 0.1) is 12.8 Å². The highest BCUT2D eigenvalue weighted by atomic mass is 35.5. The van der Waals surface area contributed by atoms with Crippen LogP contribution in [-0.2, 0) is 6.54 Å². The van der Waals surface area contributed by atoms with Crippen LogP contribution in [0.2, 0.25) is 5.02 Å². The summed E-state index contributed by atoms with van der Waals surface area (Å²) in [6, 6.07) is 19.6. The molecule has 0 saturated carbocycles. The number of aryl methyl sites for hydroxylation is 1. The van der Waals surface area contributed by atoms with Gasteiger partial charge in [-0.05, 0) is 74.2 Å². The van der Waals surface area contributed by atoms with E-state index in [2.05, 4.69) is 51.7 Å². The number of hydrogen-bond acceptors (Lipinski definition) is 4. The SMILES string of the molecule is Cc1ccccc1CN1CCC(CNc2ccccc2C(=O)Nc2ccc(Cl)cn2)CC1. The summed E-state index contributed by atoms with van der Waals surface area (Å²) in [4.78, 5) is 19.5. The Labute approximate surface area is 194 Å². The molecule has 5 nitrogen and oxygen atoms in total. The molecule has 0 aliphatic carbocycles. The number of nitrogens with zero attached hydrogens (tertiary/aromatic N) is 2. The van der Waals surface area contributed by atoms with E-state index >= 15 is 0 Å². The number of hydrogen-bond donors (Lipinski definition) is 2. The van der Waals surface area contributed by atoms with Gasteiger partial charge in [0, 0.05) is 25.0 Å². The standard InChI is InChI=1S/C26H29ClN4O/c1-19-6-2-3-7-21(19)18-31-14-12-20(13-15-31)16-28-24-9-5-4-8-23(24)26(32)30-25-11-10-22(27)17-29-25/h2-11,17,20,28H,12-16,18H2,1H3,(H,29,30,32). The number of carbonyl (C=O) groups is 1. The highest BCUT2D eigenvalue weighted by molar-refractivity contribution is 6.30. The second-order valence-electron chi connectivity index (χ2n) is 8.39. The highest BCUT2D eigenvalue weighted by Crippen LogP contribution is 2.23. The molecule has 2 N–H and O–H groups in total. The van der Waals surface area contributed by atoms with Crippen LogP contribution in [0.4, 0.5) is 11.5 Å². The van der Waals surface area contributed by atoms with Crippen molar-refractivity contribution >= 4 is 29.0 Å². The average Bonchev–Trinajstić information content (AvgIpc) is 2.82. The zero-order valence-corrected chi connectivity index (χ0v) is 19.1. The monoisotopic (exact) mass is 448 g/mol. The first-order valence-corrected chi connectivity index (χ1v) is 11.5. The summed E-state index contributed by atoms with van der Waals surface area (Å²) in [5.74, 6) is 0.892. The largest absolute Gasteiger partial charge is 0.384 e. The molecule has 166 valence electrons. The summed E-state index contributed by atoms with van der Waals surface area (Å²) in [7, 11) is 0. The average molecular weight is 449 g/mol. The van der Waals surface area contributed by atoms with Crippen LogP contribution in [-0.4, -0.2) is 35.4 Å². The van der Waals surface area contributed by atoms with Gasteiger partial charge < -0.3 is 10.6 Å². The van der Waals surface area contributed by atoms with E-state index in [0.717, 1.165) is 44.7 Å². The highest BCUT2D eigenvalue weighted by Gasteiger charge is 2.20. The first kappa shape index (κ1) is 22.3. The lowest BCUT2D eigenvalue weighted by atomic mass is 9.95. The fourth-order valence-electron chi connectivity index (χ4n) is 4.10. The summed E-state index contributed by atoms with van der Waals surface area (Å²) >= 11 is 5.87. The molecule has 3 aromatic rings. The Balaban J connectivity index is 1.29. The molecule has 1 aromatic heterocycles. The number of nitrogens with one attached hydrogen (secondary N) is 2. The van der Waals surface area contributed by atoms with Gasteiger partial charge in [-0.25, -0.2) is 4.98 Å². The third-order valence-electron chi connectivity index (χ3n) is 6.08. The zero-order valence-electron chi connectivity index (χ0n) is 18.4. The predicted molar refractivity (Wildman–Crippen MR) is 131 cm³/mol. The number of benzene rings is 2. The Morgan fingerprint density at radius 2 is 1.81 bits per heavy atom. The minimum absolute atomic E-state index is 0.184. The Kier molecular flexibility index (Phi) is 7.40. The molecule has 6 heteroatoms. The van der Waals surface area contributed by atoms with Gasteiger partial charge in [0.25, 0.3) is 5.91 Å². The van der Waals surface area contributed by atoms with Crippen molar-refractivity contribution in [3.8, 4) is 0 Å². The first-order chi connectivity index (χ1) is 15.6. The molecule has 1 amide bonds. The maximum Gasteiger partial charge on any atom is 0.258 e. The Morgan fingerprint density at radius 1 is 1.06 bits per heavy atom. The lowest BCUT2D eigenvalue weighted by Gasteiger charge is -2.32. The normalized spacial score (nSPS) is 14.8. The number of para-hydroxylation sites is 1. The molecule has 2 heterocycles. The minimum atomic E-state index is -0.184. The fourth-order valence-corrected chi connectivity index (χ4v) is 4.21. The first-order valence-electron chi connectivity index (χ1n) is 11.1. The fraction of sp³-hybridized carbons (Fsp3) is 0.308. The second kappa shape index (κ2) is 10.6. The number of carbonyl (C=O) groups excluding carboxylic acids is 1. The topological polar surface area (TPSA) is 57.3 Å². The van der Waals surface area contributed by atoms with Crippen molar-refractivity contribution in [1.82, 2.24) is 9.88 Å². The minimum Gasteiger partial charge on any atom is -0.384 e. The second-order valence-corrected chi connectivity index (χ2v) is 8.82. The number of rotatable bonds is 7. The summed E-state index contributed by atoms with van der Waals surface area (Å²) in [5.41, 5.74) is 4.24. The zero-order chi connectivity index (χ0) is 22.3. The molecule has 0 bridgehead atoms. The van der Waals surface area contributed by atoms with Gasteiger partial charge in [-0.2, -0.15) is 0 Å². The molecule has 0 spiro atoms. The number of halogens is 1. The molecule has 1 aliphatic rings. The molecule has 1 fully saturated rings. The molecule has 2 aromatic carbocycles. The number of anilines is 2. The van der Waals surface area contributed by atoms with Gasteiger partial charge >= 0.3 is 0 Å². The number of likely N-dealkylation sites (tertiary alicyclic amines) is 1. The van der Waals surface area contributed by atoms with E-state index in [1.807, 2.05) is 24.3 Å². The van der Waals surface area contributed by atoms with Crippen LogP contribution >= 0.6 is 11.6 Å². The van der Waals surface area contributed by atoms with E-state index in [4.69, 9.17) is 11.6 Å². The maximum absolute atomic E-state index is 12.8. The summed E-state index contributed by atoms with van der Waals surface area (Å²) in [6.07, 6.45) is 3.83. The lowest BCUT2D eigenvalue weighted by Crippen LogP contribution is -2.35. The number of aromatic nitrogens is 1. The van der Waals surface area contributed by atoms with Crippen molar-refractivity contribution in [2.75, 3.05) is 30.3 Å². The van der Waals surface area contributed by atoms with Crippen LogP contribution < -0.4 is 10.6 Å². The van der Waals surface area contributed by atoms with E-state index in [1.54, 1.807) is 12.1 Å². The quantitative estimate of drug-likeness (QED) is 0.492. The van der Waals surface area contributed by atoms with E-state index in [9.17, 15) is 4.79 Å². The Bertz CT molecular complexity index is 1050. The van der Waals surface area contributed by atoms with Gasteiger partial charge in [0.15, 0.2) is 0 Å². The Hall–Kier alpha value is -2.89. The van der Waals surface area contributed by atoms with Gasteiger partial charge in [0.05, 0.1) is 10.6 Å². The van der Waals surface area contributed by atoms with Crippen molar-refractivity contribution in [3.63, 3.8) is 0 Å². The molecular formula is C26H29ClN4O. The lowest BCUT2D eigenvalue weighted by molar-refractivity contribution is 0.102. The predicted octanol–water partition coefficient (Wildman–Crippen LogP) is 5.62. The van der Waals surface area contributed by atoms with Crippen LogP contribution in [0.15, 0.2) is 66.9 Å². The van der Waals surface area contributed by atoms with Gasteiger partial charge in [0.2, 0.25) is 0 Å². The number of piperidine rings is 1. The van der Waals surface area contributed by atoms with E-state index in [0.29, 0.717) is 22.3 Å². The molecule has 4 rings (SSSR count). The summed E-state index contributed by atoms with van der Waals surface area (Å²) in [5, 5.41) is 6.89. The molecule has 1 saturated heterocycles. The molecule has 1 aliphatic heterocycles. The van der Waals surface area contributed by atoms with Crippen molar-refractivity contribution in [2.45, 2.75) is 26.3 Å². The smallest absolute Gasteiger partial charge is 0.258 e. The molecular weight excluding hydrogens is 420 g/mol. The maximum atomic E-state index is 12.8.